The first-order chi connectivity index (χ1) is 20.2. The highest BCUT2D eigenvalue weighted by molar-refractivity contribution is 7.92. The molecule has 1 amide bonds. The molecule has 3 aromatic carbocycles. The van der Waals surface area contributed by atoms with Crippen LogP contribution in [0.1, 0.15) is 6.92 Å². The second kappa shape index (κ2) is 12.6. The normalized spacial score (nSPS) is 14.4. The Morgan fingerprint density at radius 3 is 2.29 bits per heavy atom. The number of rotatable bonds is 10. The van der Waals surface area contributed by atoms with Crippen molar-refractivity contribution in [3.63, 3.8) is 0 Å². The number of hydrogen-bond donors (Lipinski definition) is 4. The number of nitrogens with zero attached hydrogens (tertiary/aromatic N) is 4. The topological polar surface area (TPSA) is 149 Å². The van der Waals surface area contributed by atoms with Crippen LogP contribution in [0, 0.1) is 0 Å². The minimum Gasteiger partial charge on any atom is -0.508 e. The van der Waals surface area contributed by atoms with Crippen LogP contribution in [0.4, 0.5) is 23.0 Å². The smallest absolute Gasteiger partial charge is 0.263 e. The summed E-state index contributed by atoms with van der Waals surface area (Å²) >= 11 is 0. The first kappa shape index (κ1) is 29.0. The van der Waals surface area contributed by atoms with Crippen LogP contribution in [-0.2, 0) is 14.8 Å². The minimum absolute atomic E-state index is 0.0448. The number of para-hydroxylation sites is 2. The van der Waals surface area contributed by atoms with Gasteiger partial charge in [0.2, 0.25) is 5.91 Å². The van der Waals surface area contributed by atoms with Gasteiger partial charge in [0.05, 0.1) is 29.6 Å². The van der Waals surface area contributed by atoms with Crippen LogP contribution >= 0.6 is 0 Å². The fourth-order valence-corrected chi connectivity index (χ4v) is 5.72. The first-order valence-electron chi connectivity index (χ1n) is 13.5. The number of aromatic hydroxyl groups is 1. The maximum absolute atomic E-state index is 13.5. The van der Waals surface area contributed by atoms with Gasteiger partial charge in [-0.1, -0.05) is 25.1 Å². The third-order valence-electron chi connectivity index (χ3n) is 6.90. The molecule has 1 aliphatic heterocycles. The summed E-state index contributed by atoms with van der Waals surface area (Å²) < 4.78 is 34.8. The minimum atomic E-state index is -4.15. The summed E-state index contributed by atoms with van der Waals surface area (Å²) in [5, 5.41) is 15.9. The molecule has 1 aliphatic rings. The zero-order valence-corrected chi connectivity index (χ0v) is 24.2. The quantitative estimate of drug-likeness (QED) is 0.216. The fraction of sp³-hybridized carbons (Fsp3) is 0.276. The van der Waals surface area contributed by atoms with E-state index in [2.05, 4.69) is 42.0 Å². The Hall–Kier alpha value is -4.46. The van der Waals surface area contributed by atoms with E-state index >= 15 is 0 Å². The number of piperazine rings is 1. The molecule has 42 heavy (non-hydrogen) atoms. The zero-order chi connectivity index (χ0) is 29.7. The zero-order valence-electron chi connectivity index (χ0n) is 23.4. The fourth-order valence-electron chi connectivity index (χ4n) is 4.66. The molecule has 0 unspecified atom stereocenters. The van der Waals surface area contributed by atoms with Crippen molar-refractivity contribution in [2.75, 3.05) is 61.7 Å². The maximum Gasteiger partial charge on any atom is 0.263 e. The Labute approximate surface area is 244 Å². The molecular formula is C29H33N7O5S. The van der Waals surface area contributed by atoms with Gasteiger partial charge in [0, 0.05) is 55.8 Å². The number of methoxy groups -OCH3 is 1. The monoisotopic (exact) mass is 591 g/mol. The van der Waals surface area contributed by atoms with Crippen LogP contribution in [0.2, 0.25) is 0 Å². The molecule has 4 aromatic rings. The number of carbonyl (C=O) groups is 1. The van der Waals surface area contributed by atoms with Gasteiger partial charge >= 0.3 is 0 Å². The Morgan fingerprint density at radius 1 is 0.905 bits per heavy atom. The summed E-state index contributed by atoms with van der Waals surface area (Å²) in [6.45, 7) is 6.77. The summed E-state index contributed by atoms with van der Waals surface area (Å²) in [5.41, 5.74) is 1.80. The van der Waals surface area contributed by atoms with E-state index < -0.39 is 10.0 Å². The number of hydrogen-bond acceptors (Lipinski definition) is 10. The van der Waals surface area contributed by atoms with E-state index in [0.29, 0.717) is 28.2 Å². The number of ether oxygens (including phenoxy) is 1. The molecule has 5 rings (SSSR count). The summed E-state index contributed by atoms with van der Waals surface area (Å²) in [6.07, 6.45) is 0. The maximum atomic E-state index is 13.5. The molecule has 1 fully saturated rings. The molecule has 13 heteroatoms. The van der Waals surface area contributed by atoms with E-state index in [-0.39, 0.29) is 34.7 Å². The van der Waals surface area contributed by atoms with Gasteiger partial charge < -0.3 is 25.4 Å². The molecule has 2 heterocycles. The van der Waals surface area contributed by atoms with Crippen molar-refractivity contribution in [2.45, 2.75) is 11.8 Å². The Balaban J connectivity index is 1.36. The number of phenolic OH excluding ortho intramolecular Hbond substituents is 1. The van der Waals surface area contributed by atoms with Crippen LogP contribution in [0.5, 0.6) is 11.5 Å². The van der Waals surface area contributed by atoms with E-state index in [1.54, 1.807) is 42.5 Å². The number of benzene rings is 3. The molecule has 0 spiro atoms. The van der Waals surface area contributed by atoms with Crippen molar-refractivity contribution in [3.05, 3.63) is 66.7 Å². The number of anilines is 4. The third-order valence-corrected chi connectivity index (χ3v) is 8.24. The van der Waals surface area contributed by atoms with Gasteiger partial charge in [0.1, 0.15) is 11.5 Å². The predicted octanol–water partition coefficient (Wildman–Crippen LogP) is 3.46. The first-order valence-corrected chi connectivity index (χ1v) is 15.0. The molecule has 4 N–H and O–H groups in total. The lowest BCUT2D eigenvalue weighted by atomic mass is 10.2. The van der Waals surface area contributed by atoms with Gasteiger partial charge in [-0.3, -0.25) is 14.4 Å². The van der Waals surface area contributed by atoms with Crippen LogP contribution in [0.15, 0.2) is 71.6 Å². The van der Waals surface area contributed by atoms with E-state index in [9.17, 15) is 18.3 Å². The number of sulfonamides is 1. The second-order valence-electron chi connectivity index (χ2n) is 9.85. The molecule has 0 bridgehead atoms. The molecule has 0 radical (unpaired) electrons. The largest absolute Gasteiger partial charge is 0.508 e. The number of likely N-dealkylation sites (N-methyl/N-ethyl adjacent to an activating group) is 1. The van der Waals surface area contributed by atoms with Crippen LogP contribution in [0.3, 0.4) is 0 Å². The van der Waals surface area contributed by atoms with E-state index in [1.807, 2.05) is 0 Å². The highest BCUT2D eigenvalue weighted by atomic mass is 32.2. The number of carbonyl (C=O) groups excluding carboxylic acids is 1. The van der Waals surface area contributed by atoms with E-state index in [4.69, 9.17) is 4.74 Å². The highest BCUT2D eigenvalue weighted by Gasteiger charge is 2.21. The van der Waals surface area contributed by atoms with Gasteiger partial charge in [0.15, 0.2) is 11.6 Å². The van der Waals surface area contributed by atoms with Crippen molar-refractivity contribution in [2.24, 2.45) is 0 Å². The van der Waals surface area contributed by atoms with Crippen LogP contribution in [0.25, 0.3) is 11.0 Å². The Kier molecular flexibility index (Phi) is 8.71. The molecule has 220 valence electrons. The molecule has 12 nitrogen and oxygen atoms in total. The Bertz CT molecular complexity index is 1690. The van der Waals surface area contributed by atoms with Gasteiger partial charge in [0.25, 0.3) is 10.0 Å². The molecule has 1 aromatic heterocycles. The van der Waals surface area contributed by atoms with Crippen molar-refractivity contribution in [1.29, 1.82) is 0 Å². The Morgan fingerprint density at radius 2 is 1.60 bits per heavy atom. The SMILES string of the molecule is CCN1CCN(CC(=O)Nc2cccc(S(=O)(=O)Nc3nc4ccccc4nc3Nc3cc(O)cc(OC)c3)c2)CC1. The lowest BCUT2D eigenvalue weighted by Crippen LogP contribution is -2.48. The summed E-state index contributed by atoms with van der Waals surface area (Å²) in [4.78, 5) is 26.1. The molecule has 0 atom stereocenters. The highest BCUT2D eigenvalue weighted by Crippen LogP contribution is 2.31. The predicted molar refractivity (Wildman–Crippen MR) is 162 cm³/mol. The van der Waals surface area contributed by atoms with E-state index in [0.717, 1.165) is 32.7 Å². The van der Waals surface area contributed by atoms with Crippen LogP contribution in [-0.4, -0.2) is 85.6 Å². The molecule has 0 aliphatic carbocycles. The molecule has 0 saturated carbocycles. The van der Waals surface area contributed by atoms with Gasteiger partial charge in [-0.15, -0.1) is 0 Å². The lowest BCUT2D eigenvalue weighted by Gasteiger charge is -2.33. The van der Waals surface area contributed by atoms with Gasteiger partial charge in [-0.05, 0) is 36.9 Å². The number of aromatic nitrogens is 2. The number of phenols is 1. The number of amides is 1. The number of fused-ring (bicyclic) bond motifs is 1. The van der Waals surface area contributed by atoms with Crippen molar-refractivity contribution in [1.82, 2.24) is 19.8 Å². The van der Waals surface area contributed by atoms with Crippen LogP contribution < -0.4 is 20.1 Å². The van der Waals surface area contributed by atoms with Crippen molar-refractivity contribution >= 4 is 50.0 Å². The number of nitrogens with one attached hydrogen (secondary N) is 3. The molecular weight excluding hydrogens is 558 g/mol. The van der Waals surface area contributed by atoms with Gasteiger partial charge in [-0.2, -0.15) is 0 Å². The second-order valence-corrected chi connectivity index (χ2v) is 11.5. The lowest BCUT2D eigenvalue weighted by molar-refractivity contribution is -0.117. The standard InChI is InChI=1S/C29H33N7O5S/c1-3-35-11-13-36(14-12-35)19-27(38)30-20-7-6-8-24(17-20)42(39,40)34-29-28(32-25-9-4-5-10-26(25)33-29)31-21-15-22(37)18-23(16-21)41-2/h4-10,15-18,37H,3,11-14,19H2,1-2H3,(H,30,38)(H,31,32)(H,33,34). The molecule has 1 saturated heterocycles. The average molecular weight is 592 g/mol. The average Bonchev–Trinajstić information content (AvgIpc) is 2.97. The summed E-state index contributed by atoms with van der Waals surface area (Å²) in [6, 6.07) is 17.6. The van der Waals surface area contributed by atoms with Gasteiger partial charge in [-0.25, -0.2) is 18.4 Å². The summed E-state index contributed by atoms with van der Waals surface area (Å²) in [7, 11) is -2.68. The van der Waals surface area contributed by atoms with Crippen molar-refractivity contribution < 1.29 is 23.1 Å². The van der Waals surface area contributed by atoms with Crippen molar-refractivity contribution in [3.8, 4) is 11.5 Å². The van der Waals surface area contributed by atoms with E-state index in [1.165, 1.54) is 31.4 Å². The third kappa shape index (κ3) is 7.05. The summed E-state index contributed by atoms with van der Waals surface area (Å²) in [5.74, 6) is 0.218.